The molecule has 27 heavy (non-hydrogen) atoms. The van der Waals surface area contributed by atoms with E-state index < -0.39 is 0 Å². The second-order valence-corrected chi connectivity index (χ2v) is 6.71. The predicted molar refractivity (Wildman–Crippen MR) is 104 cm³/mol. The molecule has 146 valence electrons. The average molecular weight is 373 g/mol. The summed E-state index contributed by atoms with van der Waals surface area (Å²) >= 11 is 0. The van der Waals surface area contributed by atoms with E-state index in [1.165, 1.54) is 0 Å². The highest BCUT2D eigenvalue weighted by Gasteiger charge is 2.29. The lowest BCUT2D eigenvalue weighted by Gasteiger charge is -2.31. The van der Waals surface area contributed by atoms with Crippen molar-refractivity contribution in [3.8, 4) is 0 Å². The number of para-hydroxylation sites is 1. The number of fused-ring (bicyclic) bond motifs is 1. The van der Waals surface area contributed by atoms with Crippen molar-refractivity contribution < 1.29 is 19.1 Å². The molecule has 1 atom stereocenters. The third-order valence-electron chi connectivity index (χ3n) is 4.90. The fraction of sp³-hybridized carbons (Fsp3) is 0.500. The Hall–Kier alpha value is -2.54. The summed E-state index contributed by atoms with van der Waals surface area (Å²) in [6.45, 7) is 4.50. The quantitative estimate of drug-likeness (QED) is 0.790. The zero-order valence-electron chi connectivity index (χ0n) is 15.9. The molecule has 2 aromatic rings. The molecule has 7 heteroatoms. The molecule has 1 unspecified atom stereocenters. The molecule has 7 nitrogen and oxygen atoms in total. The van der Waals surface area contributed by atoms with E-state index in [1.807, 2.05) is 30.5 Å². The second kappa shape index (κ2) is 8.90. The summed E-state index contributed by atoms with van der Waals surface area (Å²) in [5, 5.41) is 4.00. The third kappa shape index (κ3) is 4.42. The molecular weight excluding hydrogens is 346 g/mol. The molecule has 1 aromatic carbocycles. The molecule has 2 heterocycles. The number of benzene rings is 1. The Bertz CT molecular complexity index is 802. The van der Waals surface area contributed by atoms with Crippen LogP contribution in [0.15, 0.2) is 30.5 Å². The molecule has 3 rings (SSSR count). The van der Waals surface area contributed by atoms with E-state index in [4.69, 9.17) is 9.47 Å². The van der Waals surface area contributed by atoms with Crippen LogP contribution in [0.25, 0.3) is 10.9 Å². The van der Waals surface area contributed by atoms with E-state index in [0.29, 0.717) is 32.8 Å². The number of rotatable bonds is 6. The van der Waals surface area contributed by atoms with Gasteiger partial charge in [-0.2, -0.15) is 0 Å². The van der Waals surface area contributed by atoms with Crippen LogP contribution < -0.4 is 5.32 Å². The van der Waals surface area contributed by atoms with Crippen LogP contribution in [0.4, 0.5) is 10.5 Å². The van der Waals surface area contributed by atoms with Crippen LogP contribution in [0.3, 0.4) is 0 Å². The molecule has 2 amide bonds. The smallest absolute Gasteiger partial charge is 0.321 e. The minimum Gasteiger partial charge on any atom is -0.466 e. The van der Waals surface area contributed by atoms with Crippen molar-refractivity contribution >= 4 is 28.6 Å². The van der Waals surface area contributed by atoms with Gasteiger partial charge in [-0.25, -0.2) is 4.79 Å². The number of urea groups is 1. The lowest BCUT2D eigenvalue weighted by molar-refractivity contribution is -0.149. The van der Waals surface area contributed by atoms with Crippen LogP contribution in [0.2, 0.25) is 0 Å². The van der Waals surface area contributed by atoms with Crippen molar-refractivity contribution in [1.29, 1.82) is 0 Å². The molecular formula is C20H27N3O4. The number of piperidine rings is 1. The molecule has 1 saturated heterocycles. The predicted octanol–water partition coefficient (Wildman–Crippen LogP) is 3.09. The summed E-state index contributed by atoms with van der Waals surface area (Å²) < 4.78 is 12.4. The number of carbonyl (C=O) groups is 2. The van der Waals surface area contributed by atoms with Crippen LogP contribution in [-0.4, -0.2) is 54.9 Å². The molecule has 0 spiro atoms. The first-order chi connectivity index (χ1) is 13.1. The third-order valence-corrected chi connectivity index (χ3v) is 4.90. The first-order valence-corrected chi connectivity index (χ1v) is 9.43. The van der Waals surface area contributed by atoms with Gasteiger partial charge in [0.1, 0.15) is 0 Å². The van der Waals surface area contributed by atoms with Gasteiger partial charge in [-0.1, -0.05) is 18.2 Å². The van der Waals surface area contributed by atoms with Crippen molar-refractivity contribution in [2.45, 2.75) is 26.3 Å². The maximum Gasteiger partial charge on any atom is 0.321 e. The van der Waals surface area contributed by atoms with Crippen molar-refractivity contribution in [3.63, 3.8) is 0 Å². The topological polar surface area (TPSA) is 72.8 Å². The minimum absolute atomic E-state index is 0.182. The van der Waals surface area contributed by atoms with E-state index >= 15 is 0 Å². The number of nitrogens with one attached hydrogen (secondary N) is 1. The summed E-state index contributed by atoms with van der Waals surface area (Å²) in [4.78, 5) is 26.5. The van der Waals surface area contributed by atoms with Crippen LogP contribution in [-0.2, 0) is 20.8 Å². The zero-order valence-corrected chi connectivity index (χ0v) is 15.9. The highest BCUT2D eigenvalue weighted by atomic mass is 16.5. The zero-order chi connectivity index (χ0) is 19.2. The van der Waals surface area contributed by atoms with Crippen LogP contribution in [0.1, 0.15) is 19.8 Å². The summed E-state index contributed by atoms with van der Waals surface area (Å²) in [6, 6.07) is 7.77. The molecule has 0 bridgehead atoms. The maximum atomic E-state index is 12.8. The number of amides is 2. The Kier molecular flexibility index (Phi) is 6.34. The van der Waals surface area contributed by atoms with Crippen LogP contribution in [0, 0.1) is 5.92 Å². The van der Waals surface area contributed by atoms with Crippen molar-refractivity contribution in [2.75, 3.05) is 38.7 Å². The molecule has 0 saturated carbocycles. The first-order valence-electron chi connectivity index (χ1n) is 9.43. The molecule has 1 aliphatic heterocycles. The first kappa shape index (κ1) is 19.2. The highest BCUT2D eigenvalue weighted by molar-refractivity contribution is 6.01. The van der Waals surface area contributed by atoms with Gasteiger partial charge in [0.05, 0.1) is 30.3 Å². The van der Waals surface area contributed by atoms with Gasteiger partial charge in [0.25, 0.3) is 0 Å². The minimum atomic E-state index is -0.243. The van der Waals surface area contributed by atoms with E-state index in [1.54, 1.807) is 18.9 Å². The molecule has 1 fully saturated rings. The second-order valence-electron chi connectivity index (χ2n) is 6.71. The lowest BCUT2D eigenvalue weighted by atomic mass is 9.98. The van der Waals surface area contributed by atoms with Gasteiger partial charge < -0.3 is 24.3 Å². The summed E-state index contributed by atoms with van der Waals surface area (Å²) in [5.74, 6) is -0.460. The molecule has 1 aromatic heterocycles. The number of methoxy groups -OCH3 is 1. The highest BCUT2D eigenvalue weighted by Crippen LogP contribution is 2.27. The van der Waals surface area contributed by atoms with Crippen molar-refractivity contribution in [2.24, 2.45) is 5.92 Å². The number of carbonyl (C=O) groups excluding carboxylic acids is 2. The number of likely N-dealkylation sites (tertiary alicyclic amines) is 1. The number of hydrogen-bond donors (Lipinski definition) is 1. The van der Waals surface area contributed by atoms with E-state index in [-0.39, 0.29) is 17.9 Å². The fourth-order valence-electron chi connectivity index (χ4n) is 3.53. The van der Waals surface area contributed by atoms with Gasteiger partial charge in [-0.05, 0) is 25.8 Å². The summed E-state index contributed by atoms with van der Waals surface area (Å²) in [6.07, 6.45) is 3.50. The van der Waals surface area contributed by atoms with E-state index in [0.717, 1.165) is 29.4 Å². The monoisotopic (exact) mass is 373 g/mol. The number of nitrogens with zero attached hydrogens (tertiary/aromatic N) is 2. The van der Waals surface area contributed by atoms with Gasteiger partial charge in [0.2, 0.25) is 0 Å². The number of ether oxygens (including phenoxy) is 2. The van der Waals surface area contributed by atoms with E-state index in [9.17, 15) is 9.59 Å². The number of hydrogen-bond acceptors (Lipinski definition) is 4. The van der Waals surface area contributed by atoms with Gasteiger partial charge in [0.15, 0.2) is 0 Å². The van der Waals surface area contributed by atoms with Crippen LogP contribution in [0.5, 0.6) is 0 Å². The molecule has 1 N–H and O–H groups in total. The van der Waals surface area contributed by atoms with E-state index in [2.05, 4.69) is 9.88 Å². The Morgan fingerprint density at radius 2 is 2.11 bits per heavy atom. The lowest BCUT2D eigenvalue weighted by Crippen LogP contribution is -2.44. The molecule has 0 aliphatic carbocycles. The van der Waals surface area contributed by atoms with Crippen molar-refractivity contribution in [1.82, 2.24) is 9.47 Å². The van der Waals surface area contributed by atoms with Gasteiger partial charge in [-0.15, -0.1) is 0 Å². The van der Waals surface area contributed by atoms with Gasteiger partial charge in [-0.3, -0.25) is 4.79 Å². The Morgan fingerprint density at radius 1 is 1.30 bits per heavy atom. The Morgan fingerprint density at radius 3 is 2.89 bits per heavy atom. The summed E-state index contributed by atoms with van der Waals surface area (Å²) in [5.41, 5.74) is 1.82. The van der Waals surface area contributed by atoms with Gasteiger partial charge in [0, 0.05) is 38.3 Å². The number of anilines is 1. The van der Waals surface area contributed by atoms with Crippen LogP contribution >= 0.6 is 0 Å². The van der Waals surface area contributed by atoms with Gasteiger partial charge >= 0.3 is 12.0 Å². The average Bonchev–Trinajstić information content (AvgIpc) is 3.04. The number of esters is 1. The SMILES string of the molecule is CCOC(=O)C1CCCN(C(=O)Nc2cn(CCOC)c3ccccc23)C1. The largest absolute Gasteiger partial charge is 0.466 e. The normalized spacial score (nSPS) is 17.1. The molecule has 1 aliphatic rings. The maximum absolute atomic E-state index is 12.8. The Labute approximate surface area is 159 Å². The van der Waals surface area contributed by atoms with Crippen molar-refractivity contribution in [3.05, 3.63) is 30.5 Å². The standard InChI is InChI=1S/C20H27N3O4/c1-3-27-19(24)15-7-6-10-23(13-15)20(25)21-17-14-22(11-12-26-2)18-9-5-4-8-16(17)18/h4-5,8-9,14-15H,3,6-7,10-13H2,1-2H3,(H,21,25). The summed E-state index contributed by atoms with van der Waals surface area (Å²) in [7, 11) is 1.67. The molecule has 0 radical (unpaired) electrons. The fourth-order valence-corrected chi connectivity index (χ4v) is 3.53. The number of aromatic nitrogens is 1. The Balaban J connectivity index is 1.73.